The Labute approximate surface area is 172 Å². The molecule has 2 fully saturated rings. The molecule has 29 heavy (non-hydrogen) atoms. The van der Waals surface area contributed by atoms with Crippen LogP contribution in [0.3, 0.4) is 0 Å². The normalized spacial score (nSPS) is 25.0. The second kappa shape index (κ2) is 7.86. The third-order valence-corrected chi connectivity index (χ3v) is 6.04. The summed E-state index contributed by atoms with van der Waals surface area (Å²) in [7, 11) is 1.57. The number of primary amides is 1. The van der Waals surface area contributed by atoms with Gasteiger partial charge in [-0.3, -0.25) is 14.3 Å². The van der Waals surface area contributed by atoms with Crippen LogP contribution in [0.25, 0.3) is 0 Å². The molecule has 154 valence electrons. The average molecular weight is 419 g/mol. The van der Waals surface area contributed by atoms with Gasteiger partial charge >= 0.3 is 0 Å². The number of nitrogens with two attached hydrogens (primary N) is 1. The number of hydrogen-bond donors (Lipinski definition) is 4. The maximum atomic E-state index is 12.0. The highest BCUT2D eigenvalue weighted by Crippen LogP contribution is 2.49. The van der Waals surface area contributed by atoms with E-state index in [1.807, 2.05) is 0 Å². The lowest BCUT2D eigenvalue weighted by atomic mass is 9.84. The van der Waals surface area contributed by atoms with Crippen molar-refractivity contribution >= 4 is 40.9 Å². The van der Waals surface area contributed by atoms with Crippen LogP contribution in [0.5, 0.6) is 0 Å². The number of amides is 2. The van der Waals surface area contributed by atoms with Crippen molar-refractivity contribution in [3.8, 4) is 0 Å². The Bertz CT molecular complexity index is 932. The summed E-state index contributed by atoms with van der Waals surface area (Å²) in [4.78, 5) is 32.1. The van der Waals surface area contributed by atoms with Crippen LogP contribution >= 0.6 is 11.6 Å². The molecule has 2 aromatic heterocycles. The molecule has 0 aromatic carbocycles. The van der Waals surface area contributed by atoms with E-state index < -0.39 is 0 Å². The Balaban J connectivity index is 1.48. The Morgan fingerprint density at radius 3 is 2.86 bits per heavy atom. The molecule has 10 nitrogen and oxygen atoms in total. The van der Waals surface area contributed by atoms with Gasteiger partial charge in [-0.25, -0.2) is 4.98 Å². The number of likely N-dealkylation sites (N-methyl/N-ethyl adjacent to an activating group) is 1. The minimum Gasteiger partial charge on any atom is -0.369 e. The summed E-state index contributed by atoms with van der Waals surface area (Å²) >= 11 is 6.29. The van der Waals surface area contributed by atoms with Crippen molar-refractivity contribution in [2.24, 2.45) is 23.5 Å². The number of fused-ring (bicyclic) bond motifs is 2. The highest BCUT2D eigenvalue weighted by Gasteiger charge is 2.50. The van der Waals surface area contributed by atoms with Crippen molar-refractivity contribution in [1.82, 2.24) is 25.1 Å². The summed E-state index contributed by atoms with van der Waals surface area (Å²) in [5.41, 5.74) is 6.29. The van der Waals surface area contributed by atoms with Crippen molar-refractivity contribution in [3.05, 3.63) is 23.6 Å². The van der Waals surface area contributed by atoms with Gasteiger partial charge in [0, 0.05) is 19.3 Å². The van der Waals surface area contributed by atoms with Crippen LogP contribution in [0.1, 0.15) is 19.3 Å². The number of anilines is 3. The molecule has 2 aromatic rings. The first kappa shape index (κ1) is 19.4. The highest BCUT2D eigenvalue weighted by molar-refractivity contribution is 6.32. The molecular weight excluding hydrogens is 396 g/mol. The van der Waals surface area contributed by atoms with E-state index in [2.05, 4.69) is 31.0 Å². The van der Waals surface area contributed by atoms with E-state index in [1.54, 1.807) is 19.4 Å². The number of halogens is 1. The second-order valence-electron chi connectivity index (χ2n) is 7.55. The van der Waals surface area contributed by atoms with Gasteiger partial charge in [-0.2, -0.15) is 10.1 Å². The van der Waals surface area contributed by atoms with Gasteiger partial charge in [0.1, 0.15) is 11.6 Å². The number of nitrogens with zero attached hydrogens (tertiary/aromatic N) is 4. The predicted octanol–water partition coefficient (Wildman–Crippen LogP) is 1.13. The molecule has 4 atom stereocenters. The van der Waals surface area contributed by atoms with Gasteiger partial charge in [0.15, 0.2) is 5.82 Å². The summed E-state index contributed by atoms with van der Waals surface area (Å²) in [6.45, 7) is 0.116. The van der Waals surface area contributed by atoms with E-state index in [-0.39, 0.29) is 30.3 Å². The minimum absolute atomic E-state index is 0.0678. The average Bonchev–Trinajstić information content (AvgIpc) is 3.41. The number of carbonyl (C=O) groups is 2. The molecule has 0 unspecified atom stereocenters. The number of hydrogen-bond acceptors (Lipinski definition) is 7. The first-order valence-corrected chi connectivity index (χ1v) is 9.91. The molecule has 4 rings (SSSR count). The molecule has 11 heteroatoms. The van der Waals surface area contributed by atoms with Crippen LogP contribution in [0.15, 0.2) is 18.6 Å². The van der Waals surface area contributed by atoms with E-state index >= 15 is 0 Å². The number of aromatic nitrogens is 4. The SMILES string of the molecule is CNC(=O)Cn1cc(Nc2ncc(Cl)c(N[C@@H]3[C@H]4CC[C@H](C4)[C@@H]3C(N)=O)n2)cn1. The fourth-order valence-corrected chi connectivity index (χ4v) is 4.61. The monoisotopic (exact) mass is 418 g/mol. The fourth-order valence-electron chi connectivity index (χ4n) is 4.46. The fraction of sp³-hybridized carbons (Fsp3) is 0.500. The van der Waals surface area contributed by atoms with Gasteiger partial charge in [0.2, 0.25) is 17.8 Å². The summed E-state index contributed by atoms with van der Waals surface area (Å²) in [6.07, 6.45) is 7.88. The van der Waals surface area contributed by atoms with Crippen molar-refractivity contribution in [2.45, 2.75) is 31.8 Å². The number of carbonyl (C=O) groups excluding carboxylic acids is 2. The smallest absolute Gasteiger partial charge is 0.241 e. The van der Waals surface area contributed by atoms with Crippen molar-refractivity contribution < 1.29 is 9.59 Å². The zero-order valence-corrected chi connectivity index (χ0v) is 16.7. The van der Waals surface area contributed by atoms with Crippen molar-refractivity contribution in [3.63, 3.8) is 0 Å². The quantitative estimate of drug-likeness (QED) is 0.528. The highest BCUT2D eigenvalue weighted by atomic mass is 35.5. The molecule has 0 aliphatic heterocycles. The van der Waals surface area contributed by atoms with Crippen LogP contribution in [0.2, 0.25) is 5.02 Å². The Kier molecular flexibility index (Phi) is 5.27. The maximum Gasteiger partial charge on any atom is 0.241 e. The van der Waals surface area contributed by atoms with Crippen LogP contribution in [-0.2, 0) is 16.1 Å². The van der Waals surface area contributed by atoms with E-state index in [9.17, 15) is 9.59 Å². The lowest BCUT2D eigenvalue weighted by molar-refractivity contribution is -0.123. The van der Waals surface area contributed by atoms with Crippen molar-refractivity contribution in [1.29, 1.82) is 0 Å². The van der Waals surface area contributed by atoms with Gasteiger partial charge < -0.3 is 21.7 Å². The van der Waals surface area contributed by atoms with Crippen molar-refractivity contribution in [2.75, 3.05) is 17.7 Å². The molecule has 5 N–H and O–H groups in total. The van der Waals surface area contributed by atoms with Gasteiger partial charge in [0.05, 0.1) is 24.0 Å². The third-order valence-electron chi connectivity index (χ3n) is 5.77. The molecule has 0 saturated heterocycles. The second-order valence-corrected chi connectivity index (χ2v) is 7.95. The van der Waals surface area contributed by atoms with Crippen LogP contribution in [-0.4, -0.2) is 44.7 Å². The first-order chi connectivity index (χ1) is 13.9. The largest absolute Gasteiger partial charge is 0.369 e. The molecular formula is C18H23ClN8O2. The lowest BCUT2D eigenvalue weighted by Gasteiger charge is -2.30. The Morgan fingerprint density at radius 1 is 1.31 bits per heavy atom. The third kappa shape index (κ3) is 3.98. The van der Waals surface area contributed by atoms with E-state index in [0.29, 0.717) is 34.3 Å². The number of rotatable bonds is 7. The van der Waals surface area contributed by atoms with E-state index in [4.69, 9.17) is 17.3 Å². The molecule has 2 bridgehead atoms. The molecule has 0 spiro atoms. The summed E-state index contributed by atoms with van der Waals surface area (Å²) in [5.74, 6) is 0.882. The molecule has 2 aliphatic rings. The molecule has 2 saturated carbocycles. The summed E-state index contributed by atoms with van der Waals surface area (Å²) in [5, 5.41) is 13.4. The minimum atomic E-state index is -0.276. The Hall–Kier alpha value is -2.88. The first-order valence-electron chi connectivity index (χ1n) is 9.53. The molecule has 0 radical (unpaired) electrons. The lowest BCUT2D eigenvalue weighted by Crippen LogP contribution is -2.42. The molecule has 2 aliphatic carbocycles. The zero-order chi connectivity index (χ0) is 20.5. The van der Waals surface area contributed by atoms with Gasteiger partial charge in [0.25, 0.3) is 0 Å². The van der Waals surface area contributed by atoms with Gasteiger partial charge in [-0.15, -0.1) is 0 Å². The van der Waals surface area contributed by atoms with Crippen LogP contribution in [0, 0.1) is 17.8 Å². The molecule has 2 heterocycles. The predicted molar refractivity (Wildman–Crippen MR) is 108 cm³/mol. The van der Waals surface area contributed by atoms with Gasteiger partial charge in [-0.05, 0) is 31.1 Å². The zero-order valence-electron chi connectivity index (χ0n) is 15.9. The topological polar surface area (TPSA) is 140 Å². The van der Waals surface area contributed by atoms with E-state index in [1.165, 1.54) is 10.9 Å². The van der Waals surface area contributed by atoms with E-state index in [0.717, 1.165) is 19.3 Å². The summed E-state index contributed by atoms with van der Waals surface area (Å²) < 4.78 is 1.50. The maximum absolute atomic E-state index is 12.0. The van der Waals surface area contributed by atoms with Crippen LogP contribution in [0.4, 0.5) is 17.5 Å². The Morgan fingerprint density at radius 2 is 2.10 bits per heavy atom. The standard InChI is InChI=1S/C18H23ClN8O2/c1-21-13(28)8-27-7-11(5-23-27)24-18-22-6-12(19)17(26-18)25-15-10-3-2-9(4-10)14(15)16(20)29/h5-7,9-10,14-15H,2-4,8H2,1H3,(H2,20,29)(H,21,28)(H2,22,24,25,26)/t9-,10+,14+,15-/m1/s1. The van der Waals surface area contributed by atoms with Gasteiger partial charge in [-0.1, -0.05) is 11.6 Å². The van der Waals surface area contributed by atoms with Crippen LogP contribution < -0.4 is 21.7 Å². The summed E-state index contributed by atoms with van der Waals surface area (Å²) in [6, 6.07) is -0.0678. The molecule has 2 amide bonds. The number of nitrogens with one attached hydrogen (secondary N) is 3.